The molecule has 0 spiro atoms. The monoisotopic (exact) mass is 2080 g/mol. The van der Waals surface area contributed by atoms with Gasteiger partial charge in [-0.15, -0.1) is 0 Å². The number of carbonyl (C=O) groups is 4. The van der Waals surface area contributed by atoms with Crippen molar-refractivity contribution in [2.75, 3.05) is 121 Å². The van der Waals surface area contributed by atoms with Gasteiger partial charge in [0.15, 0.2) is 0 Å². The summed E-state index contributed by atoms with van der Waals surface area (Å²) in [4.78, 5) is 44.7. The van der Waals surface area contributed by atoms with Gasteiger partial charge in [-0.2, -0.15) is 13.2 Å². The summed E-state index contributed by atoms with van der Waals surface area (Å²) in [6.07, 6.45) is 10.7. The number of hydrogen-bond acceptors (Lipinski definition) is 15. The number of alkyl halides is 3. The van der Waals surface area contributed by atoms with Gasteiger partial charge in [-0.3, -0.25) is 14.4 Å². The van der Waals surface area contributed by atoms with Crippen molar-refractivity contribution in [2.45, 2.75) is 244 Å². The maximum absolute atomic E-state index is 12.6. The number of rotatable bonds is 49. The number of unbranched alkanes of at least 4 members (excludes halogenated alkanes) is 2. The average Bonchev–Trinajstić information content (AvgIpc) is 1.56. The van der Waals surface area contributed by atoms with Crippen molar-refractivity contribution in [3.63, 3.8) is 0 Å². The molecule has 2 atom stereocenters. The minimum atomic E-state index is -4.64. The van der Waals surface area contributed by atoms with Crippen LogP contribution in [0.1, 0.15) is 251 Å². The Morgan fingerprint density at radius 3 is 0.979 bits per heavy atom. The Balaban J connectivity index is 0.000000295. The summed E-state index contributed by atoms with van der Waals surface area (Å²) < 4.78 is 95.9. The molecule has 0 fully saturated rings. The van der Waals surface area contributed by atoms with Crippen molar-refractivity contribution in [3.05, 3.63) is 259 Å². The van der Waals surface area contributed by atoms with Crippen LogP contribution >= 0.6 is 31.9 Å². The molecule has 0 aliphatic heterocycles. The number of fused-ring (bicyclic) bond motifs is 12. The first-order valence-electron chi connectivity index (χ1n) is 50.7. The topological polar surface area (TPSA) is 219 Å². The van der Waals surface area contributed by atoms with Gasteiger partial charge in [-0.05, 0) is 356 Å². The maximum Gasteiger partial charge on any atom is 0.446 e. The summed E-state index contributed by atoms with van der Waals surface area (Å²) in [6.45, 7) is 27.1. The third kappa shape index (κ3) is 29.9. The molecule has 142 heavy (non-hydrogen) atoms. The lowest BCUT2D eigenvalue weighted by molar-refractivity contribution is -0.156. The number of aldehydes is 1. The predicted molar refractivity (Wildman–Crippen MR) is 577 cm³/mol. The first-order chi connectivity index (χ1) is 68.1. The van der Waals surface area contributed by atoms with Crippen LogP contribution in [-0.4, -0.2) is 168 Å². The molecule has 0 saturated carbocycles. The van der Waals surface area contributed by atoms with Gasteiger partial charge in [0.25, 0.3) is 0 Å². The fourth-order valence-electron chi connectivity index (χ4n) is 20.7. The van der Waals surface area contributed by atoms with Crippen LogP contribution in [0.25, 0.3) is 89.0 Å². The van der Waals surface area contributed by atoms with Gasteiger partial charge in [0.1, 0.15) is 11.2 Å². The number of benzene rings is 10. The Bertz CT molecular complexity index is 5770. The van der Waals surface area contributed by atoms with E-state index in [4.69, 9.17) is 64.4 Å². The number of amides is 1. The molecular formula is C120H153Br2F3N2O15. The van der Waals surface area contributed by atoms with E-state index >= 15 is 0 Å². The van der Waals surface area contributed by atoms with Gasteiger partial charge < -0.3 is 63.5 Å². The van der Waals surface area contributed by atoms with Crippen molar-refractivity contribution < 1.29 is 87.6 Å². The SMILES string of the molecule is C.COCCOCCCC1(CCCOCCOC)c2cc(Br)ccc2-c2ccc(-c3ccc4c(c3)C(C)(CCCCN)c3cc(-c5ccc(CCCC(=O)O)cc5)ccc3-4)cc21.COCCOCCCC1(CCCOCCOC)c2cc(Br)ccc2-c2ccc(-c3ccc4c(c3)C(C)(CCCCNC(=O)OC(C)(C)C)c3cc(-c5ccc(CCCC(=O)OC(C)(C)C)cc5)ccc3-4)cc21.O=CC(F)(F)F.[2HH].[2H]CC. The molecule has 0 aromatic heterocycles. The standard InChI is InChI=1S/C62H78BrNO8.C53H62BrNO6.C2HF3O.C2H6.CH4.H2/c1-59(2,3)71-57(65)16-12-15-43-17-19-44(20-18-43)45-21-25-49-50-26-22-46(40-54(50)61(7,53(49)39-45)29-10-11-32-64-58(66)72-60(4,5)6)47-23-27-51-52-28-24-48(63)42-56(52)62(55(51)41-47,30-13-33-69-37-35-67-8)31-14-34-70-38-36-68-9;1-52(23-4-5-26-55)47-33-39(38-13-11-37(12-14-38)9-6-10-51(56)57)15-19-43(47)44-20-16-40(34-48(44)52)41-17-21-45-46-22-18-42(54)36-50(46)53(49(45)35-41,24-7-27-60-31-29-58-2)25-8-28-61-32-30-59-3;3-2(4,5)1-6;1-2;;/h17-28,39-42H,10-16,29-38H2,1-9H3,(H,64,66);11-22,33-36H,4-10,23-32,55H2,1-3H3,(H,56,57);1H;1-2H3;1H4;1H/i;;;1D;;1+1. The summed E-state index contributed by atoms with van der Waals surface area (Å²) in [5.41, 5.74) is 37.3. The van der Waals surface area contributed by atoms with Crippen LogP contribution in [0, 0.1) is 0 Å². The summed E-state index contributed by atoms with van der Waals surface area (Å²) in [5, 5.41) is 12.1. The molecule has 17 nitrogen and oxygen atoms in total. The van der Waals surface area contributed by atoms with Crippen LogP contribution in [0.3, 0.4) is 0 Å². The summed E-state index contributed by atoms with van der Waals surface area (Å²) in [6, 6.07) is 73.5. The number of nitrogens with two attached hydrogens (primary N) is 1. The number of methoxy groups -OCH3 is 4. The number of aryl methyl sites for hydroxylation is 2. The number of hydrogen-bond donors (Lipinski definition) is 3. The molecule has 2 unspecified atom stereocenters. The minimum Gasteiger partial charge on any atom is -0.481 e. The average molecular weight is 2080 g/mol. The molecule has 1 amide bonds. The Hall–Kier alpha value is -9.53. The van der Waals surface area contributed by atoms with Gasteiger partial charge >= 0.3 is 24.2 Å². The van der Waals surface area contributed by atoms with E-state index < -0.39 is 29.6 Å². The molecule has 22 heteroatoms. The second-order valence-electron chi connectivity index (χ2n) is 39.5. The van der Waals surface area contributed by atoms with Crippen molar-refractivity contribution >= 4 is 56.2 Å². The number of carbonyl (C=O) groups excluding carboxylic acids is 3. The largest absolute Gasteiger partial charge is 0.481 e. The normalized spacial score (nSPS) is 15.2. The molecule has 0 bridgehead atoms. The Labute approximate surface area is 861 Å². The number of carboxylic acid groups (broad SMARTS) is 1. The molecule has 4 aliphatic rings. The van der Waals surface area contributed by atoms with Gasteiger partial charge in [-0.25, -0.2) is 4.79 Å². The highest BCUT2D eigenvalue weighted by Gasteiger charge is 2.47. The quantitative estimate of drug-likeness (QED) is 0.0183. The number of nitrogens with one attached hydrogen (secondary N) is 1. The molecule has 4 aliphatic carbocycles. The second-order valence-corrected chi connectivity index (χ2v) is 41.3. The molecule has 0 saturated heterocycles. The predicted octanol–water partition coefficient (Wildman–Crippen LogP) is 29.0. The van der Waals surface area contributed by atoms with Crippen LogP contribution in [0.4, 0.5) is 18.0 Å². The zero-order chi connectivity index (χ0) is 102. The van der Waals surface area contributed by atoms with Gasteiger partial charge in [-0.1, -0.05) is 213 Å². The summed E-state index contributed by atoms with van der Waals surface area (Å²) in [7, 11) is 6.85. The molecule has 10 aromatic rings. The number of esters is 1. The van der Waals surface area contributed by atoms with Crippen LogP contribution in [-0.2, 0) is 96.3 Å². The highest BCUT2D eigenvalue weighted by molar-refractivity contribution is 9.10. The minimum absolute atomic E-state index is 0. The number of ether oxygens (including phenoxy) is 10. The smallest absolute Gasteiger partial charge is 0.446 e. The van der Waals surface area contributed by atoms with Crippen molar-refractivity contribution in [1.82, 2.24) is 5.32 Å². The Morgan fingerprint density at radius 2 is 0.676 bits per heavy atom. The lowest BCUT2D eigenvalue weighted by atomic mass is 9.71. The van der Waals surface area contributed by atoms with E-state index in [2.05, 4.69) is 245 Å². The number of halogens is 5. The fraction of sp³-hybridized carbons (Fsp3) is 0.467. The van der Waals surface area contributed by atoms with Gasteiger partial charge in [0, 0.05) is 108 Å². The first-order valence-corrected chi connectivity index (χ1v) is 51.6. The van der Waals surface area contributed by atoms with E-state index in [0.29, 0.717) is 112 Å². The van der Waals surface area contributed by atoms with Crippen LogP contribution in [0.2, 0.25) is 0 Å². The third-order valence-corrected chi connectivity index (χ3v) is 28.4. The molecule has 0 heterocycles. The zero-order valence-electron chi connectivity index (χ0n) is 85.9. The van der Waals surface area contributed by atoms with E-state index in [1.807, 2.05) is 41.5 Å². The third-order valence-electron chi connectivity index (χ3n) is 27.4. The van der Waals surface area contributed by atoms with E-state index in [1.54, 1.807) is 35.4 Å². The maximum atomic E-state index is 12.6. The van der Waals surface area contributed by atoms with E-state index in [0.717, 1.165) is 129 Å². The Kier molecular flexibility index (Phi) is 42.9. The van der Waals surface area contributed by atoms with Crippen molar-refractivity contribution in [2.24, 2.45) is 5.73 Å². The van der Waals surface area contributed by atoms with Crippen LogP contribution in [0.5, 0.6) is 0 Å². The fourth-order valence-corrected chi connectivity index (χ4v) is 21.4. The van der Waals surface area contributed by atoms with E-state index in [1.165, 1.54) is 134 Å². The van der Waals surface area contributed by atoms with Crippen LogP contribution in [0.15, 0.2) is 203 Å². The zero-order valence-corrected chi connectivity index (χ0v) is 88.1. The number of aliphatic carboxylic acids is 1. The second kappa shape index (κ2) is 54.1. The van der Waals surface area contributed by atoms with Gasteiger partial charge in [0.2, 0.25) is 6.29 Å². The molecule has 14 rings (SSSR count). The lowest BCUT2D eigenvalue weighted by Crippen LogP contribution is -2.33. The van der Waals surface area contributed by atoms with Crippen molar-refractivity contribution in [3.8, 4) is 89.0 Å². The van der Waals surface area contributed by atoms with Crippen molar-refractivity contribution in [1.29, 1.82) is 0 Å². The van der Waals surface area contributed by atoms with Crippen LogP contribution < -0.4 is 11.1 Å². The van der Waals surface area contributed by atoms with Gasteiger partial charge in [0.05, 0.1) is 52.9 Å². The highest BCUT2D eigenvalue weighted by atomic mass is 79.9. The number of carboxylic acids is 1. The molecule has 768 valence electrons. The molecular weight excluding hydrogens is 1930 g/mol. The van der Waals surface area contributed by atoms with E-state index in [9.17, 15) is 27.6 Å². The summed E-state index contributed by atoms with van der Waals surface area (Å²) >= 11 is 7.69. The highest BCUT2D eigenvalue weighted by Crippen LogP contribution is 2.60. The van der Waals surface area contributed by atoms with E-state index in [-0.39, 0.29) is 49.0 Å². The first kappa shape index (κ1) is 113. The summed E-state index contributed by atoms with van der Waals surface area (Å²) in [5.74, 6) is -0.899. The molecule has 10 aromatic carbocycles. The molecule has 4 N–H and O–H groups in total. The number of alkyl carbamates (subject to hydrolysis) is 1. The lowest BCUT2D eigenvalue weighted by Gasteiger charge is -2.33. The molecule has 0 radical (unpaired) electrons. The Morgan fingerprint density at radius 1 is 0.394 bits per heavy atom.